The molecule has 0 spiro atoms. The molecule has 1 atom stereocenters. The van der Waals surface area contributed by atoms with Crippen molar-refractivity contribution in [3.63, 3.8) is 0 Å². The Kier molecular flexibility index (Phi) is 4.46. The van der Waals surface area contributed by atoms with Gasteiger partial charge in [-0.15, -0.1) is 11.3 Å². The lowest BCUT2D eigenvalue weighted by Gasteiger charge is -2.09. The highest BCUT2D eigenvalue weighted by Crippen LogP contribution is 2.18. The molecular weight excluding hydrogens is 178 g/mol. The van der Waals surface area contributed by atoms with Gasteiger partial charge in [0.25, 0.3) is 0 Å². The quantitative estimate of drug-likeness (QED) is 0.765. The molecule has 1 nitrogen and oxygen atoms in total. The van der Waals surface area contributed by atoms with Crippen LogP contribution in [0.2, 0.25) is 0 Å². The van der Waals surface area contributed by atoms with E-state index in [0.29, 0.717) is 6.04 Å². The molecule has 1 aromatic heterocycles. The molecule has 1 N–H and O–H groups in total. The molecule has 0 aliphatic rings. The van der Waals surface area contributed by atoms with Gasteiger partial charge in [-0.3, -0.25) is 0 Å². The van der Waals surface area contributed by atoms with Gasteiger partial charge in [0, 0.05) is 15.8 Å². The number of nitrogens with one attached hydrogen (secondary N) is 1. The zero-order valence-corrected chi connectivity index (χ0v) is 9.58. The molecule has 1 aromatic rings. The van der Waals surface area contributed by atoms with Gasteiger partial charge < -0.3 is 5.32 Å². The maximum atomic E-state index is 3.43. The van der Waals surface area contributed by atoms with Gasteiger partial charge in [0.05, 0.1) is 0 Å². The number of hydrogen-bond acceptors (Lipinski definition) is 2. The van der Waals surface area contributed by atoms with E-state index in [1.54, 1.807) is 0 Å². The molecule has 0 fully saturated rings. The predicted octanol–water partition coefficient (Wildman–Crippen LogP) is 2.85. The van der Waals surface area contributed by atoms with Crippen molar-refractivity contribution in [3.8, 4) is 0 Å². The zero-order chi connectivity index (χ0) is 9.68. The van der Waals surface area contributed by atoms with Gasteiger partial charge in [-0.05, 0) is 38.4 Å². The SMILES string of the molecule is CCNC(C)Cc1ccc(CC)s1. The topological polar surface area (TPSA) is 12.0 Å². The van der Waals surface area contributed by atoms with Crippen molar-refractivity contribution in [2.45, 2.75) is 39.7 Å². The molecule has 2 heteroatoms. The number of hydrogen-bond donors (Lipinski definition) is 1. The fourth-order valence-electron chi connectivity index (χ4n) is 1.44. The van der Waals surface area contributed by atoms with Crippen LogP contribution in [0, 0.1) is 0 Å². The van der Waals surface area contributed by atoms with Crippen molar-refractivity contribution in [1.29, 1.82) is 0 Å². The van der Waals surface area contributed by atoms with Gasteiger partial charge >= 0.3 is 0 Å². The number of rotatable bonds is 5. The average Bonchev–Trinajstić information content (AvgIpc) is 2.52. The van der Waals surface area contributed by atoms with Crippen LogP contribution in [-0.4, -0.2) is 12.6 Å². The van der Waals surface area contributed by atoms with Crippen LogP contribution in [0.1, 0.15) is 30.5 Å². The Morgan fingerprint density at radius 2 is 2.00 bits per heavy atom. The number of likely N-dealkylation sites (N-methyl/N-ethyl adjacent to an activating group) is 1. The standard InChI is InChI=1S/C11H19NS/c1-4-10-6-7-11(13-10)8-9(3)12-5-2/h6-7,9,12H,4-5,8H2,1-3H3. The summed E-state index contributed by atoms with van der Waals surface area (Å²) in [4.78, 5) is 3.00. The highest BCUT2D eigenvalue weighted by molar-refractivity contribution is 7.11. The molecule has 0 aromatic carbocycles. The van der Waals surface area contributed by atoms with Gasteiger partial charge in [-0.2, -0.15) is 0 Å². The first-order valence-electron chi connectivity index (χ1n) is 5.07. The fourth-order valence-corrected chi connectivity index (χ4v) is 2.53. The van der Waals surface area contributed by atoms with Crippen LogP contribution in [0.15, 0.2) is 12.1 Å². The number of aryl methyl sites for hydroxylation is 1. The minimum Gasteiger partial charge on any atom is -0.314 e. The first-order chi connectivity index (χ1) is 6.26. The highest BCUT2D eigenvalue weighted by Gasteiger charge is 2.03. The second kappa shape index (κ2) is 5.40. The Labute approximate surface area is 85.2 Å². The normalized spacial score (nSPS) is 13.2. The third-order valence-corrected chi connectivity index (χ3v) is 3.38. The maximum Gasteiger partial charge on any atom is 0.00869 e. The predicted molar refractivity (Wildman–Crippen MR) is 60.5 cm³/mol. The Morgan fingerprint density at radius 3 is 2.54 bits per heavy atom. The molecule has 1 heterocycles. The van der Waals surface area contributed by atoms with Crippen LogP contribution < -0.4 is 5.32 Å². The third-order valence-electron chi connectivity index (χ3n) is 2.13. The smallest absolute Gasteiger partial charge is 0.00869 e. The lowest BCUT2D eigenvalue weighted by atomic mass is 10.2. The van der Waals surface area contributed by atoms with Gasteiger partial charge in [0.2, 0.25) is 0 Å². The summed E-state index contributed by atoms with van der Waals surface area (Å²) < 4.78 is 0. The summed E-state index contributed by atoms with van der Waals surface area (Å²) in [6.45, 7) is 7.67. The second-order valence-corrected chi connectivity index (χ2v) is 4.64. The molecule has 0 aliphatic carbocycles. The van der Waals surface area contributed by atoms with E-state index in [1.165, 1.54) is 22.6 Å². The summed E-state index contributed by atoms with van der Waals surface area (Å²) in [5.41, 5.74) is 0. The maximum absolute atomic E-state index is 3.43. The zero-order valence-electron chi connectivity index (χ0n) is 8.76. The Bertz CT molecular complexity index is 242. The molecule has 0 aliphatic heterocycles. The molecule has 1 unspecified atom stereocenters. The summed E-state index contributed by atoms with van der Waals surface area (Å²) in [7, 11) is 0. The Hall–Kier alpha value is -0.340. The molecule has 13 heavy (non-hydrogen) atoms. The van der Waals surface area contributed by atoms with Crippen molar-refractivity contribution in [2.75, 3.05) is 6.54 Å². The molecule has 0 radical (unpaired) electrons. The summed E-state index contributed by atoms with van der Waals surface area (Å²) >= 11 is 1.95. The van der Waals surface area contributed by atoms with E-state index in [-0.39, 0.29) is 0 Å². The molecule has 0 saturated heterocycles. The summed E-state index contributed by atoms with van der Waals surface area (Å²) in [5, 5.41) is 3.43. The van der Waals surface area contributed by atoms with Crippen molar-refractivity contribution in [1.82, 2.24) is 5.32 Å². The minimum atomic E-state index is 0.605. The lowest BCUT2D eigenvalue weighted by molar-refractivity contribution is 0.569. The summed E-state index contributed by atoms with van der Waals surface area (Å²) in [5.74, 6) is 0. The molecule has 0 amide bonds. The molecule has 1 rings (SSSR count). The molecule has 74 valence electrons. The van der Waals surface area contributed by atoms with Gasteiger partial charge in [-0.1, -0.05) is 13.8 Å². The van der Waals surface area contributed by atoms with E-state index < -0.39 is 0 Å². The van der Waals surface area contributed by atoms with E-state index in [1.807, 2.05) is 11.3 Å². The van der Waals surface area contributed by atoms with Crippen LogP contribution in [0.25, 0.3) is 0 Å². The lowest BCUT2D eigenvalue weighted by Crippen LogP contribution is -2.27. The summed E-state index contributed by atoms with van der Waals surface area (Å²) in [6, 6.07) is 5.11. The number of thiophene rings is 1. The summed E-state index contributed by atoms with van der Waals surface area (Å²) in [6.07, 6.45) is 2.33. The van der Waals surface area contributed by atoms with Crippen molar-refractivity contribution >= 4 is 11.3 Å². The van der Waals surface area contributed by atoms with Crippen molar-refractivity contribution < 1.29 is 0 Å². The third kappa shape index (κ3) is 3.49. The van der Waals surface area contributed by atoms with E-state index in [4.69, 9.17) is 0 Å². The van der Waals surface area contributed by atoms with Crippen LogP contribution in [-0.2, 0) is 12.8 Å². The first kappa shape index (κ1) is 10.7. The van der Waals surface area contributed by atoms with E-state index in [0.717, 1.165) is 6.54 Å². The first-order valence-corrected chi connectivity index (χ1v) is 5.88. The van der Waals surface area contributed by atoms with Gasteiger partial charge in [0.15, 0.2) is 0 Å². The Balaban J connectivity index is 2.44. The highest BCUT2D eigenvalue weighted by atomic mass is 32.1. The monoisotopic (exact) mass is 197 g/mol. The van der Waals surface area contributed by atoms with E-state index in [9.17, 15) is 0 Å². The van der Waals surface area contributed by atoms with E-state index in [2.05, 4.69) is 38.2 Å². The fraction of sp³-hybridized carbons (Fsp3) is 0.636. The van der Waals surface area contributed by atoms with Crippen LogP contribution in [0.4, 0.5) is 0 Å². The van der Waals surface area contributed by atoms with Crippen LogP contribution >= 0.6 is 11.3 Å². The second-order valence-electron chi connectivity index (χ2n) is 3.38. The van der Waals surface area contributed by atoms with Crippen molar-refractivity contribution in [3.05, 3.63) is 21.9 Å². The van der Waals surface area contributed by atoms with Gasteiger partial charge in [0.1, 0.15) is 0 Å². The molecule has 0 bridgehead atoms. The van der Waals surface area contributed by atoms with Crippen molar-refractivity contribution in [2.24, 2.45) is 0 Å². The average molecular weight is 197 g/mol. The van der Waals surface area contributed by atoms with Crippen LogP contribution in [0.5, 0.6) is 0 Å². The van der Waals surface area contributed by atoms with Crippen LogP contribution in [0.3, 0.4) is 0 Å². The van der Waals surface area contributed by atoms with E-state index >= 15 is 0 Å². The molecular formula is C11H19NS. The van der Waals surface area contributed by atoms with Gasteiger partial charge in [-0.25, -0.2) is 0 Å². The minimum absolute atomic E-state index is 0.605. The largest absolute Gasteiger partial charge is 0.314 e. The Morgan fingerprint density at radius 1 is 1.31 bits per heavy atom. The molecule has 0 saturated carbocycles.